The monoisotopic (exact) mass is 261 g/mol. The Hall–Kier alpha value is -2.77. The van der Waals surface area contributed by atoms with E-state index in [-0.39, 0.29) is 17.5 Å². The quantitative estimate of drug-likeness (QED) is 0.662. The van der Waals surface area contributed by atoms with Crippen LogP contribution >= 0.6 is 0 Å². The molecule has 8 nitrogen and oxygen atoms in total. The average molecular weight is 261 g/mol. The van der Waals surface area contributed by atoms with Gasteiger partial charge in [0.2, 0.25) is 5.95 Å². The smallest absolute Gasteiger partial charge is 0.349 e. The van der Waals surface area contributed by atoms with Crippen molar-refractivity contribution in [1.82, 2.24) is 15.0 Å². The minimum absolute atomic E-state index is 0.130. The van der Waals surface area contributed by atoms with Gasteiger partial charge in [-0.05, 0) is 19.1 Å². The number of aromatic nitrogens is 3. The summed E-state index contributed by atoms with van der Waals surface area (Å²) in [6, 6.07) is 3.40. The summed E-state index contributed by atoms with van der Waals surface area (Å²) >= 11 is 0. The second-order valence-corrected chi connectivity index (χ2v) is 3.63. The highest BCUT2D eigenvalue weighted by Gasteiger charge is 2.19. The first-order valence-corrected chi connectivity index (χ1v) is 5.40. The third-order valence-corrected chi connectivity index (χ3v) is 2.25. The van der Waals surface area contributed by atoms with E-state index in [1.54, 1.807) is 19.2 Å². The van der Waals surface area contributed by atoms with Crippen molar-refractivity contribution in [3.8, 4) is 11.6 Å². The highest BCUT2D eigenvalue weighted by atomic mass is 16.6. The number of pyridine rings is 1. The molecule has 0 atom stereocenters. The molecule has 0 unspecified atom stereocenters. The normalized spacial score (nSPS) is 10.0. The first-order chi connectivity index (χ1) is 9.10. The SMILES string of the molecule is CNc1ncc([N+](=O)[O-])c(Oc2ccc(C)nc2)n1. The molecule has 98 valence electrons. The van der Waals surface area contributed by atoms with E-state index in [9.17, 15) is 10.1 Å². The first-order valence-electron chi connectivity index (χ1n) is 5.40. The Bertz CT molecular complexity index is 600. The van der Waals surface area contributed by atoms with Gasteiger partial charge in [-0.15, -0.1) is 0 Å². The van der Waals surface area contributed by atoms with Crippen LogP contribution in [0.25, 0.3) is 0 Å². The van der Waals surface area contributed by atoms with Crippen molar-refractivity contribution in [2.24, 2.45) is 0 Å². The van der Waals surface area contributed by atoms with Crippen molar-refractivity contribution >= 4 is 11.6 Å². The first kappa shape index (κ1) is 12.7. The molecule has 2 aromatic heterocycles. The summed E-state index contributed by atoms with van der Waals surface area (Å²) in [5.41, 5.74) is 0.514. The van der Waals surface area contributed by atoms with Crippen molar-refractivity contribution in [3.63, 3.8) is 0 Å². The van der Waals surface area contributed by atoms with Gasteiger partial charge in [0.15, 0.2) is 0 Å². The molecule has 19 heavy (non-hydrogen) atoms. The molecule has 0 fully saturated rings. The largest absolute Gasteiger partial charge is 0.432 e. The van der Waals surface area contributed by atoms with Crippen LogP contribution < -0.4 is 10.1 Å². The lowest BCUT2D eigenvalue weighted by atomic mass is 10.4. The molecule has 0 amide bonds. The zero-order chi connectivity index (χ0) is 13.8. The van der Waals surface area contributed by atoms with Gasteiger partial charge in [-0.25, -0.2) is 4.98 Å². The van der Waals surface area contributed by atoms with E-state index >= 15 is 0 Å². The summed E-state index contributed by atoms with van der Waals surface area (Å²) in [6.07, 6.45) is 2.57. The number of nitrogens with zero attached hydrogens (tertiary/aromatic N) is 4. The molecule has 2 aromatic rings. The van der Waals surface area contributed by atoms with Crippen molar-refractivity contribution in [2.75, 3.05) is 12.4 Å². The number of anilines is 1. The zero-order valence-corrected chi connectivity index (χ0v) is 10.3. The van der Waals surface area contributed by atoms with Gasteiger partial charge < -0.3 is 10.1 Å². The maximum atomic E-state index is 10.9. The molecule has 0 aliphatic carbocycles. The van der Waals surface area contributed by atoms with Crippen LogP contribution in [0, 0.1) is 17.0 Å². The van der Waals surface area contributed by atoms with E-state index in [2.05, 4.69) is 20.3 Å². The zero-order valence-electron chi connectivity index (χ0n) is 10.3. The van der Waals surface area contributed by atoms with Gasteiger partial charge in [0.1, 0.15) is 11.9 Å². The molecular weight excluding hydrogens is 250 g/mol. The second kappa shape index (κ2) is 5.25. The van der Waals surface area contributed by atoms with E-state index in [1.165, 1.54) is 6.20 Å². The standard InChI is InChI=1S/C11H11N5O3/c1-7-3-4-8(5-13-7)19-10-9(16(17)18)6-14-11(12-2)15-10/h3-6H,1-2H3,(H,12,14,15). The molecule has 0 radical (unpaired) electrons. The summed E-state index contributed by atoms with van der Waals surface area (Å²) in [4.78, 5) is 22.0. The van der Waals surface area contributed by atoms with E-state index in [1.807, 2.05) is 6.92 Å². The highest BCUT2D eigenvalue weighted by molar-refractivity contribution is 5.44. The maximum absolute atomic E-state index is 10.9. The Labute approximate surface area is 108 Å². The van der Waals surface area contributed by atoms with Gasteiger partial charge in [-0.2, -0.15) is 4.98 Å². The number of rotatable bonds is 4. The topological polar surface area (TPSA) is 103 Å². The number of ether oxygens (including phenoxy) is 1. The Morgan fingerprint density at radius 2 is 2.11 bits per heavy atom. The molecule has 2 heterocycles. The molecule has 0 saturated heterocycles. The van der Waals surface area contributed by atoms with Crippen LogP contribution in [0.15, 0.2) is 24.5 Å². The fourth-order valence-corrected chi connectivity index (χ4v) is 1.31. The molecule has 2 rings (SSSR count). The number of aryl methyl sites for hydroxylation is 1. The minimum atomic E-state index is -0.601. The lowest BCUT2D eigenvalue weighted by molar-refractivity contribution is -0.386. The van der Waals surface area contributed by atoms with Crippen molar-refractivity contribution in [2.45, 2.75) is 6.92 Å². The summed E-state index contributed by atoms with van der Waals surface area (Å²) < 4.78 is 5.37. The van der Waals surface area contributed by atoms with Crippen LogP contribution in [-0.4, -0.2) is 26.9 Å². The molecule has 0 aliphatic heterocycles. The van der Waals surface area contributed by atoms with E-state index in [0.717, 1.165) is 11.9 Å². The van der Waals surface area contributed by atoms with Crippen LogP contribution in [0.2, 0.25) is 0 Å². The lowest BCUT2D eigenvalue weighted by Crippen LogP contribution is -2.02. The van der Waals surface area contributed by atoms with Gasteiger partial charge in [-0.1, -0.05) is 0 Å². The predicted molar refractivity (Wildman–Crippen MR) is 67.3 cm³/mol. The van der Waals surface area contributed by atoms with Gasteiger partial charge in [0.25, 0.3) is 0 Å². The van der Waals surface area contributed by atoms with Gasteiger partial charge >= 0.3 is 11.6 Å². The summed E-state index contributed by atoms with van der Waals surface area (Å²) in [7, 11) is 1.61. The van der Waals surface area contributed by atoms with Crippen LogP contribution in [0.5, 0.6) is 11.6 Å². The van der Waals surface area contributed by atoms with Crippen LogP contribution in [0.1, 0.15) is 5.69 Å². The Balaban J connectivity index is 2.36. The molecule has 0 saturated carbocycles. The second-order valence-electron chi connectivity index (χ2n) is 3.63. The van der Waals surface area contributed by atoms with E-state index in [0.29, 0.717) is 5.75 Å². The third kappa shape index (κ3) is 2.92. The van der Waals surface area contributed by atoms with Crippen molar-refractivity contribution in [1.29, 1.82) is 0 Å². The Morgan fingerprint density at radius 3 is 2.68 bits per heavy atom. The highest BCUT2D eigenvalue weighted by Crippen LogP contribution is 2.28. The predicted octanol–water partition coefficient (Wildman–Crippen LogP) is 1.92. The molecule has 0 bridgehead atoms. The van der Waals surface area contributed by atoms with Crippen molar-refractivity contribution in [3.05, 3.63) is 40.3 Å². The van der Waals surface area contributed by atoms with Gasteiger partial charge in [-0.3, -0.25) is 15.1 Å². The molecule has 1 N–H and O–H groups in total. The van der Waals surface area contributed by atoms with Gasteiger partial charge in [0, 0.05) is 12.7 Å². The lowest BCUT2D eigenvalue weighted by Gasteiger charge is -2.06. The number of hydrogen-bond donors (Lipinski definition) is 1. The van der Waals surface area contributed by atoms with E-state index in [4.69, 9.17) is 4.74 Å². The fraction of sp³-hybridized carbons (Fsp3) is 0.182. The van der Waals surface area contributed by atoms with Gasteiger partial charge in [0.05, 0.1) is 11.1 Å². The van der Waals surface area contributed by atoms with Crippen LogP contribution in [0.4, 0.5) is 11.6 Å². The van der Waals surface area contributed by atoms with Crippen LogP contribution in [0.3, 0.4) is 0 Å². The molecule has 8 heteroatoms. The van der Waals surface area contributed by atoms with Crippen molar-refractivity contribution < 1.29 is 9.66 Å². The Kier molecular flexibility index (Phi) is 3.51. The molecular formula is C11H11N5O3. The maximum Gasteiger partial charge on any atom is 0.349 e. The molecule has 0 spiro atoms. The summed E-state index contributed by atoms with van der Waals surface area (Å²) in [5.74, 6) is 0.477. The average Bonchev–Trinajstić information content (AvgIpc) is 2.41. The number of hydrogen-bond acceptors (Lipinski definition) is 7. The summed E-state index contributed by atoms with van der Waals surface area (Å²) in [5, 5.41) is 13.6. The van der Waals surface area contributed by atoms with Crippen LogP contribution in [-0.2, 0) is 0 Å². The summed E-state index contributed by atoms with van der Waals surface area (Å²) in [6.45, 7) is 1.83. The Morgan fingerprint density at radius 1 is 1.32 bits per heavy atom. The number of nitrogens with one attached hydrogen (secondary N) is 1. The number of nitro groups is 1. The molecule has 0 aliphatic rings. The van der Waals surface area contributed by atoms with E-state index < -0.39 is 4.92 Å². The molecule has 0 aromatic carbocycles. The minimum Gasteiger partial charge on any atom is -0.432 e. The fourth-order valence-electron chi connectivity index (χ4n) is 1.31. The third-order valence-electron chi connectivity index (χ3n) is 2.25.